The number of furan rings is 1. The second-order valence-corrected chi connectivity index (χ2v) is 7.34. The summed E-state index contributed by atoms with van der Waals surface area (Å²) in [6, 6.07) is 11.2. The maximum atomic E-state index is 12.6. The van der Waals surface area contributed by atoms with Crippen LogP contribution < -0.4 is 5.32 Å². The van der Waals surface area contributed by atoms with Gasteiger partial charge in [0, 0.05) is 10.9 Å². The Morgan fingerprint density at radius 1 is 1.15 bits per heavy atom. The SMILES string of the molecule is CCOC(=O)c1c(-c2ccc(CC)cc2)csc1NC(=O)c1ccc(Br)o1. The number of hydrogen-bond donors (Lipinski definition) is 1. The number of nitrogens with one attached hydrogen (secondary N) is 1. The number of halogens is 1. The van der Waals surface area contributed by atoms with Crippen LogP contribution in [0.25, 0.3) is 11.1 Å². The van der Waals surface area contributed by atoms with Gasteiger partial charge in [-0.2, -0.15) is 0 Å². The van der Waals surface area contributed by atoms with E-state index in [-0.39, 0.29) is 12.4 Å². The van der Waals surface area contributed by atoms with Crippen LogP contribution in [0.5, 0.6) is 0 Å². The molecule has 0 saturated heterocycles. The lowest BCUT2D eigenvalue weighted by Crippen LogP contribution is -2.14. The first-order valence-corrected chi connectivity index (χ1v) is 10.1. The van der Waals surface area contributed by atoms with Gasteiger partial charge in [-0.1, -0.05) is 31.2 Å². The molecule has 0 saturated carbocycles. The molecule has 0 aliphatic rings. The van der Waals surface area contributed by atoms with Gasteiger partial charge in [-0.05, 0) is 52.5 Å². The van der Waals surface area contributed by atoms with Crippen molar-refractivity contribution in [1.82, 2.24) is 0 Å². The minimum atomic E-state index is -0.468. The van der Waals surface area contributed by atoms with Gasteiger partial charge >= 0.3 is 5.97 Å². The summed E-state index contributed by atoms with van der Waals surface area (Å²) < 4.78 is 10.9. The minimum Gasteiger partial charge on any atom is -0.462 e. The lowest BCUT2D eigenvalue weighted by atomic mass is 10.0. The van der Waals surface area contributed by atoms with Crippen LogP contribution in [-0.2, 0) is 11.2 Å². The Balaban J connectivity index is 1.97. The second-order valence-electron chi connectivity index (χ2n) is 5.68. The van der Waals surface area contributed by atoms with Gasteiger partial charge in [0.15, 0.2) is 10.4 Å². The highest BCUT2D eigenvalue weighted by Gasteiger charge is 2.24. The zero-order valence-corrected chi connectivity index (χ0v) is 17.3. The summed E-state index contributed by atoms with van der Waals surface area (Å²) in [5.74, 6) is -0.746. The number of ether oxygens (including phenoxy) is 1. The molecule has 3 rings (SSSR count). The monoisotopic (exact) mass is 447 g/mol. The van der Waals surface area contributed by atoms with Crippen molar-refractivity contribution in [3.63, 3.8) is 0 Å². The van der Waals surface area contributed by atoms with Crippen molar-refractivity contribution in [3.8, 4) is 11.1 Å². The average Bonchev–Trinajstić information content (AvgIpc) is 3.28. The Hall–Kier alpha value is -2.38. The van der Waals surface area contributed by atoms with E-state index in [0.29, 0.717) is 15.2 Å². The quantitative estimate of drug-likeness (QED) is 0.487. The Bertz CT molecular complexity index is 959. The first-order chi connectivity index (χ1) is 13.0. The van der Waals surface area contributed by atoms with Crippen LogP contribution in [0.2, 0.25) is 0 Å². The molecule has 0 atom stereocenters. The van der Waals surface area contributed by atoms with Gasteiger partial charge in [0.25, 0.3) is 5.91 Å². The summed E-state index contributed by atoms with van der Waals surface area (Å²) >= 11 is 4.45. The van der Waals surface area contributed by atoms with Crippen LogP contribution in [0, 0.1) is 0 Å². The molecule has 2 aromatic heterocycles. The minimum absolute atomic E-state index is 0.152. The molecule has 1 N–H and O–H groups in total. The molecule has 1 amide bonds. The van der Waals surface area contributed by atoms with Crippen molar-refractivity contribution in [2.45, 2.75) is 20.3 Å². The van der Waals surface area contributed by atoms with Crippen LogP contribution in [0.4, 0.5) is 5.00 Å². The standard InChI is InChI=1S/C20H18BrNO4S/c1-3-12-5-7-13(8-6-12)14-11-27-19(17(14)20(24)25-4-2)22-18(23)15-9-10-16(21)26-15/h5-11H,3-4H2,1-2H3,(H,22,23). The highest BCUT2D eigenvalue weighted by atomic mass is 79.9. The van der Waals surface area contributed by atoms with E-state index in [0.717, 1.165) is 17.5 Å². The first-order valence-electron chi connectivity index (χ1n) is 8.48. The number of esters is 1. The second kappa shape index (κ2) is 8.54. The van der Waals surface area contributed by atoms with Gasteiger partial charge in [-0.3, -0.25) is 4.79 Å². The molecule has 0 spiro atoms. The molecular weight excluding hydrogens is 430 g/mol. The van der Waals surface area contributed by atoms with Gasteiger partial charge in [-0.25, -0.2) is 4.79 Å². The number of carbonyl (C=O) groups is 2. The molecule has 0 unspecified atom stereocenters. The fraction of sp³-hybridized carbons (Fsp3) is 0.200. The van der Waals surface area contributed by atoms with Gasteiger partial charge in [0.05, 0.1) is 6.61 Å². The Kier molecular flexibility index (Phi) is 6.13. The van der Waals surface area contributed by atoms with E-state index < -0.39 is 11.9 Å². The number of anilines is 1. The maximum Gasteiger partial charge on any atom is 0.341 e. The van der Waals surface area contributed by atoms with E-state index in [1.165, 1.54) is 16.9 Å². The Labute approximate surface area is 169 Å². The maximum absolute atomic E-state index is 12.6. The zero-order chi connectivity index (χ0) is 19.4. The molecule has 7 heteroatoms. The molecule has 1 aromatic carbocycles. The molecule has 0 aliphatic heterocycles. The van der Waals surface area contributed by atoms with Gasteiger partial charge in [0.2, 0.25) is 0 Å². The van der Waals surface area contributed by atoms with Crippen molar-refractivity contribution in [2.75, 3.05) is 11.9 Å². The summed E-state index contributed by atoms with van der Waals surface area (Å²) in [5, 5.41) is 5.04. The molecule has 5 nitrogen and oxygen atoms in total. The number of benzene rings is 1. The number of thiophene rings is 1. The highest BCUT2D eigenvalue weighted by molar-refractivity contribution is 9.10. The molecule has 0 aliphatic carbocycles. The summed E-state index contributed by atoms with van der Waals surface area (Å²) in [7, 11) is 0. The predicted octanol–water partition coefficient (Wildman–Crippen LogP) is 5.76. The fourth-order valence-corrected chi connectivity index (χ4v) is 3.85. The van der Waals surface area contributed by atoms with Gasteiger partial charge < -0.3 is 14.5 Å². The van der Waals surface area contributed by atoms with Crippen LogP contribution in [-0.4, -0.2) is 18.5 Å². The van der Waals surface area contributed by atoms with Crippen LogP contribution >= 0.6 is 27.3 Å². The van der Waals surface area contributed by atoms with Crippen molar-refractivity contribution in [1.29, 1.82) is 0 Å². The Morgan fingerprint density at radius 3 is 2.48 bits per heavy atom. The molecular formula is C20H18BrNO4S. The topological polar surface area (TPSA) is 68.5 Å². The third-order valence-corrected chi connectivity index (χ3v) is 5.29. The van der Waals surface area contributed by atoms with Crippen LogP contribution in [0.3, 0.4) is 0 Å². The van der Waals surface area contributed by atoms with Gasteiger partial charge in [-0.15, -0.1) is 11.3 Å². The number of carbonyl (C=O) groups excluding carboxylic acids is 2. The normalized spacial score (nSPS) is 10.6. The van der Waals surface area contributed by atoms with Gasteiger partial charge in [0.1, 0.15) is 10.6 Å². The van der Waals surface area contributed by atoms with E-state index in [1.54, 1.807) is 19.1 Å². The molecule has 140 valence electrons. The molecule has 0 bridgehead atoms. The third-order valence-electron chi connectivity index (χ3n) is 3.97. The molecule has 3 aromatic rings. The third kappa shape index (κ3) is 4.31. The van der Waals surface area contributed by atoms with E-state index >= 15 is 0 Å². The van der Waals surface area contributed by atoms with E-state index in [2.05, 4.69) is 28.2 Å². The highest BCUT2D eigenvalue weighted by Crippen LogP contribution is 2.36. The average molecular weight is 448 g/mol. The molecule has 0 fully saturated rings. The van der Waals surface area contributed by atoms with Crippen molar-refractivity contribution < 1.29 is 18.7 Å². The predicted molar refractivity (Wildman–Crippen MR) is 109 cm³/mol. The smallest absolute Gasteiger partial charge is 0.341 e. The van der Waals surface area contributed by atoms with E-state index in [9.17, 15) is 9.59 Å². The molecule has 2 heterocycles. The van der Waals surface area contributed by atoms with Crippen LogP contribution in [0.15, 0.2) is 50.9 Å². The number of rotatable bonds is 6. The Morgan fingerprint density at radius 2 is 1.89 bits per heavy atom. The summed E-state index contributed by atoms with van der Waals surface area (Å²) in [6.45, 7) is 4.09. The van der Waals surface area contributed by atoms with Crippen LogP contribution in [0.1, 0.15) is 40.3 Å². The van der Waals surface area contributed by atoms with E-state index in [1.807, 2.05) is 29.6 Å². The summed E-state index contributed by atoms with van der Waals surface area (Å²) in [5.41, 5.74) is 3.19. The molecule has 0 radical (unpaired) electrons. The molecule has 27 heavy (non-hydrogen) atoms. The largest absolute Gasteiger partial charge is 0.462 e. The lowest BCUT2D eigenvalue weighted by molar-refractivity contribution is 0.0529. The summed E-state index contributed by atoms with van der Waals surface area (Å²) in [6.07, 6.45) is 0.939. The number of amides is 1. The van der Waals surface area contributed by atoms with E-state index in [4.69, 9.17) is 9.15 Å². The number of hydrogen-bond acceptors (Lipinski definition) is 5. The van der Waals surface area contributed by atoms with Crippen molar-refractivity contribution in [3.05, 3.63) is 63.3 Å². The zero-order valence-electron chi connectivity index (χ0n) is 14.9. The summed E-state index contributed by atoms with van der Waals surface area (Å²) in [4.78, 5) is 25.0. The first kappa shape index (κ1) is 19.4. The van der Waals surface area contributed by atoms with Crippen molar-refractivity contribution >= 4 is 44.1 Å². The van der Waals surface area contributed by atoms with Crippen molar-refractivity contribution in [2.24, 2.45) is 0 Å². The number of aryl methyl sites for hydroxylation is 1. The fourth-order valence-electron chi connectivity index (χ4n) is 2.59. The lowest BCUT2D eigenvalue weighted by Gasteiger charge is -2.08.